The highest BCUT2D eigenvalue weighted by Crippen LogP contribution is 2.27. The molecule has 0 saturated carbocycles. The Balaban J connectivity index is 1.43. The maximum absolute atomic E-state index is 12.4. The number of carbonyl (C=O) groups is 1. The number of carbonyl (C=O) groups excluding carboxylic acids is 1. The van der Waals surface area contributed by atoms with Crippen LogP contribution in [-0.4, -0.2) is 71.9 Å². The number of phenols is 1. The van der Waals surface area contributed by atoms with Gasteiger partial charge >= 0.3 is 4.87 Å². The summed E-state index contributed by atoms with van der Waals surface area (Å²) in [7, 11) is 0. The highest BCUT2D eigenvalue weighted by molar-refractivity contribution is 7.16. The van der Waals surface area contributed by atoms with Crippen LogP contribution in [0.1, 0.15) is 31.4 Å². The predicted molar refractivity (Wildman–Crippen MR) is 151 cm³/mol. The third-order valence-corrected chi connectivity index (χ3v) is 7.41. The molecule has 37 heavy (non-hydrogen) atoms. The van der Waals surface area contributed by atoms with Crippen molar-refractivity contribution in [3.05, 3.63) is 62.2 Å². The lowest BCUT2D eigenvalue weighted by Gasteiger charge is -2.31. The van der Waals surface area contributed by atoms with Crippen molar-refractivity contribution in [1.82, 2.24) is 20.5 Å². The van der Waals surface area contributed by atoms with E-state index in [0.717, 1.165) is 53.1 Å². The molecule has 10 heteroatoms. The van der Waals surface area contributed by atoms with E-state index >= 15 is 0 Å². The van der Waals surface area contributed by atoms with E-state index in [2.05, 4.69) is 20.5 Å². The van der Waals surface area contributed by atoms with Crippen LogP contribution in [0.25, 0.3) is 10.2 Å². The normalized spacial score (nSPS) is 11.9. The molecule has 1 heterocycles. The third-order valence-electron chi connectivity index (χ3n) is 6.20. The summed E-state index contributed by atoms with van der Waals surface area (Å²) in [6.07, 6.45) is 1.86. The average molecular weight is 549 g/mol. The fraction of sp³-hybridized carbons (Fsp3) is 0.481. The largest absolute Gasteiger partial charge is 0.506 e. The second-order valence-corrected chi connectivity index (χ2v) is 11.5. The first-order chi connectivity index (χ1) is 17.7. The number of amides is 1. The SMILES string of the molecule is CC(C)(CO)CN(CCNCCc1ccc(O)c2[nH]c(=O)sc12)CCC(=O)NCCc1ccc(Cl)cc1. The summed E-state index contributed by atoms with van der Waals surface area (Å²) in [6, 6.07) is 11.1. The molecule has 2 aromatic carbocycles. The van der Waals surface area contributed by atoms with Gasteiger partial charge in [-0.1, -0.05) is 55.0 Å². The number of aliphatic hydroxyl groups excluding tert-OH is 1. The van der Waals surface area contributed by atoms with Gasteiger partial charge in [0.25, 0.3) is 0 Å². The van der Waals surface area contributed by atoms with Gasteiger partial charge in [-0.15, -0.1) is 0 Å². The number of aromatic hydroxyl groups is 1. The van der Waals surface area contributed by atoms with Gasteiger partial charge in [-0.3, -0.25) is 9.59 Å². The van der Waals surface area contributed by atoms with Crippen molar-refractivity contribution < 1.29 is 15.0 Å². The predicted octanol–water partition coefficient (Wildman–Crippen LogP) is 3.15. The zero-order valence-corrected chi connectivity index (χ0v) is 23.1. The van der Waals surface area contributed by atoms with E-state index in [-0.39, 0.29) is 28.6 Å². The number of nitrogens with one attached hydrogen (secondary N) is 3. The minimum absolute atomic E-state index is 0.00979. The quantitative estimate of drug-likeness (QED) is 0.186. The van der Waals surface area contributed by atoms with Crippen LogP contribution in [-0.2, 0) is 17.6 Å². The lowest BCUT2D eigenvalue weighted by atomic mass is 9.94. The van der Waals surface area contributed by atoms with Crippen molar-refractivity contribution in [3.8, 4) is 5.75 Å². The Hall–Kier alpha value is -2.43. The first-order valence-corrected chi connectivity index (χ1v) is 13.7. The molecular weight excluding hydrogens is 512 g/mol. The molecule has 0 spiro atoms. The maximum Gasteiger partial charge on any atom is 0.305 e. The molecule has 0 aliphatic carbocycles. The fourth-order valence-corrected chi connectivity index (χ4v) is 5.15. The van der Waals surface area contributed by atoms with Crippen LogP contribution in [0.15, 0.2) is 41.2 Å². The van der Waals surface area contributed by atoms with Gasteiger partial charge in [0.1, 0.15) is 11.3 Å². The van der Waals surface area contributed by atoms with Gasteiger partial charge in [0.2, 0.25) is 5.91 Å². The number of thiazole rings is 1. The number of hydrogen-bond donors (Lipinski definition) is 5. The number of benzene rings is 2. The summed E-state index contributed by atoms with van der Waals surface area (Å²) in [6.45, 7) is 8.14. The smallest absolute Gasteiger partial charge is 0.305 e. The van der Waals surface area contributed by atoms with E-state index in [4.69, 9.17) is 11.6 Å². The Kier molecular flexibility index (Phi) is 11.0. The van der Waals surface area contributed by atoms with Gasteiger partial charge in [0.05, 0.1) is 4.70 Å². The molecule has 202 valence electrons. The number of rotatable bonds is 15. The molecule has 3 aromatic rings. The molecule has 0 aliphatic rings. The maximum atomic E-state index is 12.4. The summed E-state index contributed by atoms with van der Waals surface area (Å²) in [5, 5.41) is 26.8. The number of phenolic OH excluding ortho intramolecular Hbond substituents is 1. The number of halogens is 1. The van der Waals surface area contributed by atoms with Gasteiger partial charge in [0, 0.05) is 56.2 Å². The highest BCUT2D eigenvalue weighted by Gasteiger charge is 2.21. The number of aromatic nitrogens is 1. The summed E-state index contributed by atoms with van der Waals surface area (Å²) in [5.41, 5.74) is 2.36. The van der Waals surface area contributed by atoms with Crippen LogP contribution in [0.2, 0.25) is 5.02 Å². The monoisotopic (exact) mass is 548 g/mol. The van der Waals surface area contributed by atoms with Gasteiger partial charge < -0.3 is 30.7 Å². The van der Waals surface area contributed by atoms with Crippen LogP contribution in [0.3, 0.4) is 0 Å². The molecule has 0 saturated heterocycles. The number of H-pyrrole nitrogens is 1. The van der Waals surface area contributed by atoms with Crippen molar-refractivity contribution in [1.29, 1.82) is 0 Å². The number of fused-ring (bicyclic) bond motifs is 1. The first kappa shape index (κ1) is 29.1. The fourth-order valence-electron chi connectivity index (χ4n) is 4.13. The van der Waals surface area contributed by atoms with E-state index in [1.54, 1.807) is 6.07 Å². The van der Waals surface area contributed by atoms with Crippen molar-refractivity contribution in [2.45, 2.75) is 33.1 Å². The molecule has 0 atom stereocenters. The molecule has 0 bridgehead atoms. The van der Waals surface area contributed by atoms with Gasteiger partial charge in [-0.05, 0) is 48.7 Å². The van der Waals surface area contributed by atoms with Crippen LogP contribution in [0.4, 0.5) is 0 Å². The molecule has 1 aromatic heterocycles. The number of aromatic amines is 1. The Morgan fingerprint density at radius 1 is 1.08 bits per heavy atom. The molecule has 5 N–H and O–H groups in total. The summed E-state index contributed by atoms with van der Waals surface area (Å²) in [4.78, 5) is 28.8. The molecule has 0 fully saturated rings. The molecular formula is C27H37ClN4O4S. The Bertz CT molecular complexity index is 1210. The summed E-state index contributed by atoms with van der Waals surface area (Å²) < 4.78 is 0.792. The molecule has 0 unspecified atom stereocenters. The lowest BCUT2D eigenvalue weighted by Crippen LogP contribution is -2.42. The molecule has 0 aliphatic heterocycles. The van der Waals surface area contributed by atoms with Crippen LogP contribution < -0.4 is 15.5 Å². The zero-order chi connectivity index (χ0) is 26.8. The van der Waals surface area contributed by atoms with Crippen LogP contribution in [0.5, 0.6) is 5.75 Å². The van der Waals surface area contributed by atoms with E-state index < -0.39 is 0 Å². The van der Waals surface area contributed by atoms with Gasteiger partial charge in [-0.2, -0.15) is 0 Å². The molecule has 8 nitrogen and oxygen atoms in total. The summed E-state index contributed by atoms with van der Waals surface area (Å²) >= 11 is 7.03. The first-order valence-electron chi connectivity index (χ1n) is 12.6. The zero-order valence-electron chi connectivity index (χ0n) is 21.5. The Morgan fingerprint density at radius 3 is 2.57 bits per heavy atom. The van der Waals surface area contributed by atoms with Crippen molar-refractivity contribution in [2.24, 2.45) is 5.41 Å². The molecule has 3 rings (SSSR count). The van der Waals surface area contributed by atoms with E-state index in [9.17, 15) is 19.8 Å². The number of aliphatic hydroxyl groups is 1. The minimum Gasteiger partial charge on any atom is -0.506 e. The van der Waals surface area contributed by atoms with E-state index in [1.807, 2.05) is 44.2 Å². The second-order valence-electron chi connectivity index (χ2n) is 10.0. The Morgan fingerprint density at radius 2 is 1.84 bits per heavy atom. The molecule has 0 radical (unpaired) electrons. The molecule has 1 amide bonds. The second kappa shape index (κ2) is 13.9. The lowest BCUT2D eigenvalue weighted by molar-refractivity contribution is -0.121. The van der Waals surface area contributed by atoms with Crippen molar-refractivity contribution in [3.63, 3.8) is 0 Å². The standard InChI is InChI=1S/C27H37ClN4O4S/c1-27(2,18-33)17-32(15-11-23(35)30-13-9-19-3-6-21(28)7-4-19)16-14-29-12-10-20-5-8-22(34)24-25(20)37-26(36)31-24/h3-8,29,33-34H,9-18H2,1-2H3,(H,30,35)(H,31,36). The third kappa shape index (κ3) is 9.43. The van der Waals surface area contributed by atoms with E-state index in [1.165, 1.54) is 0 Å². The van der Waals surface area contributed by atoms with Gasteiger partial charge in [-0.25, -0.2) is 0 Å². The van der Waals surface area contributed by atoms with Crippen molar-refractivity contribution >= 4 is 39.1 Å². The Labute approximate surface area is 226 Å². The number of hydrogen-bond acceptors (Lipinski definition) is 7. The van der Waals surface area contributed by atoms with Gasteiger partial charge in [0.15, 0.2) is 0 Å². The highest BCUT2D eigenvalue weighted by atomic mass is 35.5. The minimum atomic E-state index is -0.269. The summed E-state index contributed by atoms with van der Waals surface area (Å²) in [5.74, 6) is 0.0942. The topological polar surface area (TPSA) is 118 Å². The van der Waals surface area contributed by atoms with Crippen LogP contribution >= 0.6 is 22.9 Å². The number of nitrogens with zero attached hydrogens (tertiary/aromatic N) is 1. The van der Waals surface area contributed by atoms with E-state index in [0.29, 0.717) is 43.1 Å². The van der Waals surface area contributed by atoms with Crippen LogP contribution in [0, 0.1) is 5.41 Å². The van der Waals surface area contributed by atoms with Crippen molar-refractivity contribution in [2.75, 3.05) is 45.9 Å². The average Bonchev–Trinajstić information content (AvgIpc) is 3.27.